The Morgan fingerprint density at radius 1 is 0.722 bits per heavy atom. The van der Waals surface area contributed by atoms with Crippen molar-refractivity contribution in [3.05, 3.63) is 35.4 Å². The highest BCUT2D eigenvalue weighted by atomic mass is 79.9. The van der Waals surface area contributed by atoms with Crippen molar-refractivity contribution in [3.8, 4) is 0 Å². The van der Waals surface area contributed by atoms with Crippen LogP contribution in [-0.2, 0) is 11.2 Å². The van der Waals surface area contributed by atoms with Gasteiger partial charge in [-0.25, -0.2) is 0 Å². The highest BCUT2D eigenvalue weighted by molar-refractivity contribution is 9.10. The molecule has 0 spiro atoms. The predicted octanol–water partition coefficient (Wildman–Crippen LogP) is 3.64. The van der Waals surface area contributed by atoms with E-state index in [9.17, 15) is 10.2 Å². The molecule has 0 saturated heterocycles. The summed E-state index contributed by atoms with van der Waals surface area (Å²) in [6, 6.07) is 7.40. The molecule has 2 N–H and O–H groups in total. The van der Waals surface area contributed by atoms with Crippen LogP contribution in [0.3, 0.4) is 0 Å². The Balaban J connectivity index is 3.39. The van der Waals surface area contributed by atoms with Gasteiger partial charge in [-0.15, -0.1) is 0 Å². The first-order valence-corrected chi connectivity index (χ1v) is 9.74. The zero-order chi connectivity index (χ0) is 13.8. The van der Waals surface area contributed by atoms with Gasteiger partial charge in [-0.1, -0.05) is 88.0 Å². The van der Waals surface area contributed by atoms with Crippen LogP contribution >= 0.6 is 63.7 Å². The molecule has 0 radical (unpaired) electrons. The van der Waals surface area contributed by atoms with E-state index in [2.05, 4.69) is 63.7 Å². The summed E-state index contributed by atoms with van der Waals surface area (Å²) in [6.45, 7) is 0. The molecule has 0 aromatic heterocycles. The largest absolute Gasteiger partial charge is 0.383 e. The third-order valence-corrected chi connectivity index (χ3v) is 6.52. The smallest absolute Gasteiger partial charge is 0.109 e. The maximum Gasteiger partial charge on any atom is 0.109 e. The molecule has 0 aliphatic carbocycles. The first-order chi connectivity index (χ1) is 8.47. The molecule has 1 aromatic carbocycles. The van der Waals surface area contributed by atoms with Crippen LogP contribution < -0.4 is 0 Å². The molecule has 0 heterocycles. The van der Waals surface area contributed by atoms with E-state index < -0.39 is 11.2 Å². The van der Waals surface area contributed by atoms with E-state index in [0.29, 0.717) is 21.3 Å². The number of hydrogen-bond donors (Lipinski definition) is 2. The highest BCUT2D eigenvalue weighted by Crippen LogP contribution is 2.36. The molecule has 102 valence electrons. The highest BCUT2D eigenvalue weighted by Gasteiger charge is 2.36. The zero-order valence-corrected chi connectivity index (χ0v) is 15.9. The molecule has 0 saturated carbocycles. The molecule has 0 aliphatic heterocycles. The van der Waals surface area contributed by atoms with E-state index in [1.165, 1.54) is 0 Å². The molecule has 0 atom stereocenters. The maximum atomic E-state index is 10.6. The van der Waals surface area contributed by atoms with Gasteiger partial charge in [-0.2, -0.15) is 0 Å². The molecule has 0 bridgehead atoms. The van der Waals surface area contributed by atoms with Crippen LogP contribution in [0.4, 0.5) is 0 Å². The lowest BCUT2D eigenvalue weighted by atomic mass is 9.85. The number of halogens is 4. The molecular formula is C12H14Br4O2. The third-order valence-electron chi connectivity index (χ3n) is 2.81. The van der Waals surface area contributed by atoms with Crippen LogP contribution in [-0.4, -0.2) is 31.5 Å². The third kappa shape index (κ3) is 3.38. The monoisotopic (exact) mass is 506 g/mol. The zero-order valence-electron chi connectivity index (χ0n) is 9.54. The van der Waals surface area contributed by atoms with E-state index in [-0.39, 0.29) is 0 Å². The summed E-state index contributed by atoms with van der Waals surface area (Å²) >= 11 is 13.3. The summed E-state index contributed by atoms with van der Waals surface area (Å²) in [7, 11) is 0. The van der Waals surface area contributed by atoms with E-state index in [1.807, 2.05) is 24.3 Å². The van der Waals surface area contributed by atoms with Gasteiger partial charge in [0.2, 0.25) is 0 Å². The topological polar surface area (TPSA) is 40.5 Å². The lowest BCUT2D eigenvalue weighted by Crippen LogP contribution is -2.37. The van der Waals surface area contributed by atoms with Crippen LogP contribution in [0.2, 0.25) is 0 Å². The van der Waals surface area contributed by atoms with Crippen LogP contribution in [0.1, 0.15) is 11.1 Å². The number of aliphatic hydroxyl groups is 2. The second-order valence-electron chi connectivity index (χ2n) is 4.14. The van der Waals surface area contributed by atoms with Gasteiger partial charge in [0.25, 0.3) is 0 Å². The Kier molecular flexibility index (Phi) is 6.82. The Hall–Kier alpha value is 1.06. The van der Waals surface area contributed by atoms with E-state index in [4.69, 9.17) is 0 Å². The van der Waals surface area contributed by atoms with E-state index >= 15 is 0 Å². The minimum atomic E-state index is -1.05. The molecule has 0 amide bonds. The van der Waals surface area contributed by atoms with Crippen LogP contribution in [0.15, 0.2) is 24.3 Å². The Bertz CT molecular complexity index is 352. The van der Waals surface area contributed by atoms with Crippen molar-refractivity contribution in [1.29, 1.82) is 0 Å². The summed E-state index contributed by atoms with van der Waals surface area (Å²) in [5.41, 5.74) is -0.649. The van der Waals surface area contributed by atoms with Crippen LogP contribution in [0.5, 0.6) is 0 Å². The second kappa shape index (κ2) is 7.18. The van der Waals surface area contributed by atoms with Gasteiger partial charge in [0.1, 0.15) is 11.2 Å². The normalized spacial score (nSPS) is 12.8. The summed E-state index contributed by atoms with van der Waals surface area (Å²) in [5.74, 6) is 0. The van der Waals surface area contributed by atoms with Gasteiger partial charge >= 0.3 is 0 Å². The molecule has 2 nitrogen and oxygen atoms in total. The Morgan fingerprint density at radius 3 is 1.22 bits per heavy atom. The molecule has 0 aliphatic rings. The van der Waals surface area contributed by atoms with Crippen molar-refractivity contribution in [2.24, 2.45) is 0 Å². The number of hydrogen-bond acceptors (Lipinski definition) is 2. The molecule has 0 unspecified atom stereocenters. The number of rotatable bonds is 6. The van der Waals surface area contributed by atoms with Gasteiger partial charge in [0, 0.05) is 21.3 Å². The van der Waals surface area contributed by atoms with Crippen LogP contribution in [0.25, 0.3) is 0 Å². The summed E-state index contributed by atoms with van der Waals surface area (Å²) in [4.78, 5) is 0. The van der Waals surface area contributed by atoms with Gasteiger partial charge in [0.15, 0.2) is 0 Å². The fourth-order valence-electron chi connectivity index (χ4n) is 1.65. The van der Waals surface area contributed by atoms with Crippen molar-refractivity contribution in [1.82, 2.24) is 0 Å². The molecule has 18 heavy (non-hydrogen) atoms. The lowest BCUT2D eigenvalue weighted by molar-refractivity contribution is 0.0659. The number of benzene rings is 1. The van der Waals surface area contributed by atoms with Crippen molar-refractivity contribution >= 4 is 63.7 Å². The van der Waals surface area contributed by atoms with Crippen molar-refractivity contribution in [2.75, 3.05) is 21.3 Å². The Morgan fingerprint density at radius 2 is 1.00 bits per heavy atom. The van der Waals surface area contributed by atoms with Crippen LogP contribution in [0, 0.1) is 0 Å². The minimum absolute atomic E-state index is 0.392. The van der Waals surface area contributed by atoms with Gasteiger partial charge < -0.3 is 10.2 Å². The minimum Gasteiger partial charge on any atom is -0.383 e. The molecule has 6 heteroatoms. The first-order valence-electron chi connectivity index (χ1n) is 5.26. The summed E-state index contributed by atoms with van der Waals surface area (Å²) in [5, 5.41) is 22.8. The predicted molar refractivity (Wildman–Crippen MR) is 89.4 cm³/mol. The van der Waals surface area contributed by atoms with Gasteiger partial charge in [-0.3, -0.25) is 0 Å². The molecule has 1 rings (SSSR count). The molecule has 1 aromatic rings. The lowest BCUT2D eigenvalue weighted by Gasteiger charge is -2.33. The Labute approximate surface area is 141 Å². The number of alkyl halides is 4. The average molecular weight is 510 g/mol. The molecule has 0 fully saturated rings. The summed E-state index contributed by atoms with van der Waals surface area (Å²) < 4.78 is 0. The van der Waals surface area contributed by atoms with E-state index in [0.717, 1.165) is 11.1 Å². The standard InChI is InChI=1S/C12H14Br4O2/c13-5-11(17,6-14)9-3-1-2-4-10(9)12(18,7-15)8-16/h1-4,17-18H,5-8H2. The van der Waals surface area contributed by atoms with Crippen molar-refractivity contribution in [2.45, 2.75) is 11.2 Å². The van der Waals surface area contributed by atoms with Crippen molar-refractivity contribution in [3.63, 3.8) is 0 Å². The van der Waals surface area contributed by atoms with E-state index in [1.54, 1.807) is 0 Å². The SMILES string of the molecule is OC(CBr)(CBr)c1ccccc1C(O)(CBr)CBr. The summed E-state index contributed by atoms with van der Waals surface area (Å²) in [6.07, 6.45) is 0. The fourth-order valence-corrected chi connectivity index (χ4v) is 4.72. The van der Waals surface area contributed by atoms with Gasteiger partial charge in [-0.05, 0) is 11.1 Å². The first kappa shape index (κ1) is 17.1. The maximum absolute atomic E-state index is 10.6. The fraction of sp³-hybridized carbons (Fsp3) is 0.500. The average Bonchev–Trinajstić information content (AvgIpc) is 2.45. The van der Waals surface area contributed by atoms with Crippen molar-refractivity contribution < 1.29 is 10.2 Å². The second-order valence-corrected chi connectivity index (χ2v) is 6.39. The molecular weight excluding hydrogens is 496 g/mol. The van der Waals surface area contributed by atoms with Gasteiger partial charge in [0.05, 0.1) is 0 Å². The quantitative estimate of drug-likeness (QED) is 0.575.